The highest BCUT2D eigenvalue weighted by Crippen LogP contribution is 2.51. The molecule has 0 atom stereocenters. The minimum absolute atomic E-state index is 0.663. The van der Waals surface area contributed by atoms with Gasteiger partial charge in [0.2, 0.25) is 0 Å². The van der Waals surface area contributed by atoms with Crippen molar-refractivity contribution in [2.45, 2.75) is 50.5 Å². The van der Waals surface area contributed by atoms with Gasteiger partial charge in [0.05, 0.1) is 0 Å². The molecule has 1 nitrogen and oxygen atoms in total. The minimum atomic E-state index is 0.663. The molecular formula is C11H19N. The second-order valence-corrected chi connectivity index (χ2v) is 4.97. The Labute approximate surface area is 74.9 Å². The quantitative estimate of drug-likeness (QED) is 0.662. The fourth-order valence-electron chi connectivity index (χ4n) is 3.29. The van der Waals surface area contributed by atoms with Crippen molar-refractivity contribution in [2.75, 3.05) is 6.54 Å². The maximum atomic E-state index is 3.76. The zero-order valence-electron chi connectivity index (χ0n) is 7.81. The van der Waals surface area contributed by atoms with E-state index in [9.17, 15) is 0 Å². The molecular weight excluding hydrogens is 146 g/mol. The summed E-state index contributed by atoms with van der Waals surface area (Å²) < 4.78 is 0. The Morgan fingerprint density at radius 2 is 1.42 bits per heavy atom. The van der Waals surface area contributed by atoms with E-state index in [1.54, 1.807) is 0 Å². The first-order chi connectivity index (χ1) is 5.92. The first kappa shape index (κ1) is 7.37. The predicted molar refractivity (Wildman–Crippen MR) is 50.0 cm³/mol. The van der Waals surface area contributed by atoms with E-state index in [2.05, 4.69) is 5.32 Å². The van der Waals surface area contributed by atoms with Crippen molar-refractivity contribution in [3.63, 3.8) is 0 Å². The smallest absolute Gasteiger partial charge is 0.0249 e. The molecule has 3 aliphatic rings. The van der Waals surface area contributed by atoms with Crippen LogP contribution >= 0.6 is 0 Å². The molecule has 1 heterocycles. The molecule has 3 fully saturated rings. The number of rotatable bonds is 2. The van der Waals surface area contributed by atoms with E-state index in [1.165, 1.54) is 51.5 Å². The zero-order valence-corrected chi connectivity index (χ0v) is 7.81. The summed E-state index contributed by atoms with van der Waals surface area (Å²) in [5.41, 5.74) is 0.663. The molecule has 0 spiro atoms. The molecule has 1 saturated heterocycles. The number of hydrogen-bond acceptors (Lipinski definition) is 1. The monoisotopic (exact) mass is 165 g/mol. The highest BCUT2D eigenvalue weighted by Gasteiger charge is 2.52. The summed E-state index contributed by atoms with van der Waals surface area (Å²) in [6.07, 6.45) is 10.6. The van der Waals surface area contributed by atoms with Crippen LogP contribution in [-0.2, 0) is 0 Å². The predicted octanol–water partition coefficient (Wildman–Crippen LogP) is 2.32. The fourth-order valence-corrected chi connectivity index (χ4v) is 3.29. The number of nitrogens with one attached hydrogen (secondary N) is 1. The summed E-state index contributed by atoms with van der Waals surface area (Å²) in [5.74, 6) is 2.13. The van der Waals surface area contributed by atoms with Gasteiger partial charge in [0.1, 0.15) is 0 Å². The molecule has 12 heavy (non-hydrogen) atoms. The molecule has 0 aromatic carbocycles. The van der Waals surface area contributed by atoms with Gasteiger partial charge in [0, 0.05) is 5.54 Å². The molecule has 3 rings (SSSR count). The largest absolute Gasteiger partial charge is 0.311 e. The van der Waals surface area contributed by atoms with Crippen molar-refractivity contribution in [2.24, 2.45) is 11.8 Å². The Kier molecular flexibility index (Phi) is 1.52. The summed E-state index contributed by atoms with van der Waals surface area (Å²) in [7, 11) is 0. The molecule has 1 N–H and O–H groups in total. The van der Waals surface area contributed by atoms with E-state index in [0.29, 0.717) is 5.54 Å². The zero-order chi connectivity index (χ0) is 8.02. The highest BCUT2D eigenvalue weighted by molar-refractivity contribution is 5.09. The van der Waals surface area contributed by atoms with Gasteiger partial charge in [0.15, 0.2) is 0 Å². The lowest BCUT2D eigenvalue weighted by Crippen LogP contribution is -2.68. The SMILES string of the molecule is C1CC(C2(C3CCC3)CCN2)C1. The molecule has 0 aromatic rings. The number of hydrogen-bond donors (Lipinski definition) is 1. The molecule has 0 aromatic heterocycles. The molecule has 0 amide bonds. The Morgan fingerprint density at radius 1 is 0.917 bits per heavy atom. The molecule has 1 heteroatoms. The van der Waals surface area contributed by atoms with Gasteiger partial charge in [-0.05, 0) is 50.5 Å². The van der Waals surface area contributed by atoms with Gasteiger partial charge in [-0.15, -0.1) is 0 Å². The van der Waals surface area contributed by atoms with Crippen LogP contribution in [0.5, 0.6) is 0 Å². The standard InChI is InChI=1S/C11H19N/c1-3-9(4-1)11(7-8-12-11)10-5-2-6-10/h9-10,12H,1-8H2. The van der Waals surface area contributed by atoms with Crippen LogP contribution in [0.1, 0.15) is 44.9 Å². The second kappa shape index (κ2) is 2.47. The lowest BCUT2D eigenvalue weighted by molar-refractivity contribution is -0.0236. The Balaban J connectivity index is 1.73. The van der Waals surface area contributed by atoms with E-state index in [4.69, 9.17) is 0 Å². The Morgan fingerprint density at radius 3 is 1.58 bits per heavy atom. The molecule has 1 aliphatic heterocycles. The third-order valence-corrected chi connectivity index (χ3v) is 4.66. The van der Waals surface area contributed by atoms with E-state index < -0.39 is 0 Å². The maximum absolute atomic E-state index is 3.76. The highest BCUT2D eigenvalue weighted by atomic mass is 15.1. The summed E-state index contributed by atoms with van der Waals surface area (Å²) in [6, 6.07) is 0. The van der Waals surface area contributed by atoms with E-state index in [0.717, 1.165) is 11.8 Å². The first-order valence-corrected chi connectivity index (χ1v) is 5.67. The van der Waals surface area contributed by atoms with Crippen LogP contribution in [0.4, 0.5) is 0 Å². The second-order valence-electron chi connectivity index (χ2n) is 4.97. The van der Waals surface area contributed by atoms with Gasteiger partial charge in [-0.2, -0.15) is 0 Å². The van der Waals surface area contributed by atoms with E-state index in [-0.39, 0.29) is 0 Å². The molecule has 2 saturated carbocycles. The normalized spacial score (nSPS) is 35.0. The van der Waals surface area contributed by atoms with Gasteiger partial charge < -0.3 is 5.32 Å². The van der Waals surface area contributed by atoms with Gasteiger partial charge in [0.25, 0.3) is 0 Å². The molecule has 0 bridgehead atoms. The van der Waals surface area contributed by atoms with Gasteiger partial charge >= 0.3 is 0 Å². The van der Waals surface area contributed by atoms with Gasteiger partial charge in [-0.25, -0.2) is 0 Å². The van der Waals surface area contributed by atoms with E-state index >= 15 is 0 Å². The van der Waals surface area contributed by atoms with Crippen LogP contribution in [0.3, 0.4) is 0 Å². The third-order valence-electron chi connectivity index (χ3n) is 4.66. The van der Waals surface area contributed by atoms with Crippen molar-refractivity contribution in [1.29, 1.82) is 0 Å². The molecule has 68 valence electrons. The summed E-state index contributed by atoms with van der Waals surface area (Å²) in [4.78, 5) is 0. The van der Waals surface area contributed by atoms with Crippen LogP contribution in [-0.4, -0.2) is 12.1 Å². The summed E-state index contributed by atoms with van der Waals surface area (Å²) in [6.45, 7) is 1.30. The summed E-state index contributed by atoms with van der Waals surface area (Å²) in [5, 5.41) is 3.76. The summed E-state index contributed by atoms with van der Waals surface area (Å²) >= 11 is 0. The first-order valence-electron chi connectivity index (χ1n) is 5.67. The van der Waals surface area contributed by atoms with Crippen LogP contribution in [0.15, 0.2) is 0 Å². The fraction of sp³-hybridized carbons (Fsp3) is 1.00. The lowest BCUT2D eigenvalue weighted by Gasteiger charge is -2.59. The third kappa shape index (κ3) is 0.783. The Hall–Kier alpha value is -0.0400. The van der Waals surface area contributed by atoms with Gasteiger partial charge in [-0.3, -0.25) is 0 Å². The van der Waals surface area contributed by atoms with Crippen LogP contribution in [0.2, 0.25) is 0 Å². The van der Waals surface area contributed by atoms with Crippen molar-refractivity contribution in [1.82, 2.24) is 5.32 Å². The van der Waals surface area contributed by atoms with Crippen molar-refractivity contribution in [3.05, 3.63) is 0 Å². The average Bonchev–Trinajstić information content (AvgIpc) is 1.73. The van der Waals surface area contributed by atoms with Crippen molar-refractivity contribution >= 4 is 0 Å². The Bertz CT molecular complexity index is 159. The average molecular weight is 165 g/mol. The maximum Gasteiger partial charge on any atom is 0.0249 e. The lowest BCUT2D eigenvalue weighted by atomic mass is 9.55. The van der Waals surface area contributed by atoms with Crippen LogP contribution in [0, 0.1) is 11.8 Å². The van der Waals surface area contributed by atoms with Crippen LogP contribution < -0.4 is 5.32 Å². The van der Waals surface area contributed by atoms with Gasteiger partial charge in [-0.1, -0.05) is 12.8 Å². The molecule has 0 radical (unpaired) electrons. The van der Waals surface area contributed by atoms with Crippen molar-refractivity contribution < 1.29 is 0 Å². The van der Waals surface area contributed by atoms with E-state index in [1.807, 2.05) is 0 Å². The van der Waals surface area contributed by atoms with Crippen LogP contribution in [0.25, 0.3) is 0 Å². The molecule has 2 aliphatic carbocycles. The molecule has 0 unspecified atom stereocenters. The van der Waals surface area contributed by atoms with Crippen molar-refractivity contribution in [3.8, 4) is 0 Å². The minimum Gasteiger partial charge on any atom is -0.311 e. The topological polar surface area (TPSA) is 12.0 Å².